The number of phenolic OH excluding ortho intramolecular Hbond substituents is 1. The first-order chi connectivity index (χ1) is 10.3. The molecule has 0 aliphatic carbocycles. The van der Waals surface area contributed by atoms with Crippen molar-refractivity contribution in [2.24, 2.45) is 0 Å². The average Bonchev–Trinajstić information content (AvgIpc) is 3.17. The molecule has 0 unspecified atom stereocenters. The second kappa shape index (κ2) is 4.91. The number of thiazole rings is 1. The van der Waals surface area contributed by atoms with Crippen LogP contribution in [-0.2, 0) is 0 Å². The topological polar surface area (TPSA) is 58.9 Å². The van der Waals surface area contributed by atoms with Crippen LogP contribution in [0.15, 0.2) is 47.4 Å². The molecule has 0 amide bonds. The Morgan fingerprint density at radius 3 is 2.81 bits per heavy atom. The lowest BCUT2D eigenvalue weighted by atomic mass is 10.2. The average molecular weight is 311 g/mol. The predicted octanol–water partition coefficient (Wildman–Crippen LogP) is 4.19. The highest BCUT2D eigenvalue weighted by Crippen LogP contribution is 2.34. The van der Waals surface area contributed by atoms with Crippen LogP contribution in [-0.4, -0.2) is 20.1 Å². The number of nitrogens with zero attached hydrogens (tertiary/aromatic N) is 3. The molecule has 3 heterocycles. The van der Waals surface area contributed by atoms with Crippen LogP contribution in [0.1, 0.15) is 0 Å². The van der Waals surface area contributed by atoms with Gasteiger partial charge < -0.3 is 5.11 Å². The van der Waals surface area contributed by atoms with E-state index in [0.717, 1.165) is 26.4 Å². The monoisotopic (exact) mass is 311 g/mol. The molecule has 0 aliphatic rings. The van der Waals surface area contributed by atoms with Gasteiger partial charge in [0, 0.05) is 11.8 Å². The zero-order valence-corrected chi connectivity index (χ0v) is 12.4. The highest BCUT2D eigenvalue weighted by atomic mass is 32.1. The van der Waals surface area contributed by atoms with Gasteiger partial charge in [-0.2, -0.15) is 0 Å². The summed E-state index contributed by atoms with van der Waals surface area (Å²) in [4.78, 5) is 14.4. The summed E-state index contributed by atoms with van der Waals surface area (Å²) in [6, 6.07) is 8.97. The Bertz CT molecular complexity index is 916. The predicted molar refractivity (Wildman–Crippen MR) is 85.6 cm³/mol. The van der Waals surface area contributed by atoms with Gasteiger partial charge in [0.05, 0.1) is 20.6 Å². The third kappa shape index (κ3) is 2.18. The van der Waals surface area contributed by atoms with E-state index >= 15 is 0 Å². The van der Waals surface area contributed by atoms with Gasteiger partial charge in [-0.1, -0.05) is 12.1 Å². The highest BCUT2D eigenvalue weighted by molar-refractivity contribution is 7.18. The standard InChI is InChI=1S/C15H9N3OS2/c19-10-3-1-2-9(6-10)15-17-11-4-5-20-14(11)13(18-15)12-7-16-8-21-12/h1-8,19H. The number of fused-ring (bicyclic) bond motifs is 1. The summed E-state index contributed by atoms with van der Waals surface area (Å²) >= 11 is 3.18. The fourth-order valence-electron chi connectivity index (χ4n) is 2.14. The van der Waals surface area contributed by atoms with Gasteiger partial charge in [0.1, 0.15) is 11.4 Å². The van der Waals surface area contributed by atoms with Crippen LogP contribution in [0.2, 0.25) is 0 Å². The van der Waals surface area contributed by atoms with Crippen molar-refractivity contribution in [2.75, 3.05) is 0 Å². The van der Waals surface area contributed by atoms with Crippen LogP contribution in [0.4, 0.5) is 0 Å². The molecule has 0 saturated heterocycles. The normalized spacial score (nSPS) is 11.0. The smallest absolute Gasteiger partial charge is 0.160 e. The lowest BCUT2D eigenvalue weighted by molar-refractivity contribution is 0.475. The zero-order chi connectivity index (χ0) is 14.2. The third-order valence-corrected chi connectivity index (χ3v) is 4.76. The van der Waals surface area contributed by atoms with E-state index in [1.807, 2.05) is 23.7 Å². The van der Waals surface area contributed by atoms with E-state index in [4.69, 9.17) is 0 Å². The van der Waals surface area contributed by atoms with Gasteiger partial charge in [-0.15, -0.1) is 22.7 Å². The molecule has 3 aromatic heterocycles. The van der Waals surface area contributed by atoms with E-state index in [2.05, 4.69) is 15.0 Å². The number of aromatic nitrogens is 3. The summed E-state index contributed by atoms with van der Waals surface area (Å²) in [5, 5.41) is 11.6. The molecule has 21 heavy (non-hydrogen) atoms. The summed E-state index contributed by atoms with van der Waals surface area (Å²) < 4.78 is 1.06. The molecule has 0 aliphatic heterocycles. The van der Waals surface area contributed by atoms with Crippen molar-refractivity contribution in [2.45, 2.75) is 0 Å². The van der Waals surface area contributed by atoms with Crippen LogP contribution in [0.3, 0.4) is 0 Å². The van der Waals surface area contributed by atoms with Gasteiger partial charge in [0.25, 0.3) is 0 Å². The first-order valence-electron chi connectivity index (χ1n) is 6.25. The zero-order valence-electron chi connectivity index (χ0n) is 10.7. The van der Waals surface area contributed by atoms with Crippen LogP contribution >= 0.6 is 22.7 Å². The minimum Gasteiger partial charge on any atom is -0.508 e. The van der Waals surface area contributed by atoms with Crippen LogP contribution in [0, 0.1) is 0 Å². The van der Waals surface area contributed by atoms with E-state index in [1.165, 1.54) is 0 Å². The van der Waals surface area contributed by atoms with Gasteiger partial charge in [-0.25, -0.2) is 9.97 Å². The van der Waals surface area contributed by atoms with Crippen molar-refractivity contribution >= 4 is 32.9 Å². The Morgan fingerprint density at radius 2 is 2.00 bits per heavy atom. The lowest BCUT2D eigenvalue weighted by Gasteiger charge is -2.05. The molecule has 102 valence electrons. The van der Waals surface area contributed by atoms with E-state index in [9.17, 15) is 5.11 Å². The molecule has 0 fully saturated rings. The molecule has 1 aromatic carbocycles. The van der Waals surface area contributed by atoms with Crippen LogP contribution < -0.4 is 0 Å². The van der Waals surface area contributed by atoms with Crippen molar-refractivity contribution in [3.8, 4) is 27.7 Å². The Hall–Kier alpha value is -2.31. The molecule has 4 rings (SSSR count). The Balaban J connectivity index is 1.99. The molecular formula is C15H9N3OS2. The van der Waals surface area contributed by atoms with Crippen molar-refractivity contribution in [1.82, 2.24) is 15.0 Å². The van der Waals surface area contributed by atoms with Gasteiger partial charge >= 0.3 is 0 Å². The maximum atomic E-state index is 9.64. The number of thiophene rings is 1. The summed E-state index contributed by atoms with van der Waals surface area (Å²) in [6.45, 7) is 0. The lowest BCUT2D eigenvalue weighted by Crippen LogP contribution is -1.92. The Kier molecular flexibility index (Phi) is 2.90. The fourth-order valence-corrected chi connectivity index (χ4v) is 3.65. The SMILES string of the molecule is Oc1cccc(-c2nc(-c3cncs3)c3sccc3n2)c1. The van der Waals surface area contributed by atoms with Crippen molar-refractivity contribution in [3.63, 3.8) is 0 Å². The van der Waals surface area contributed by atoms with E-state index in [-0.39, 0.29) is 5.75 Å². The number of hydrogen-bond donors (Lipinski definition) is 1. The van der Waals surface area contributed by atoms with E-state index in [0.29, 0.717) is 5.82 Å². The molecule has 0 saturated carbocycles. The van der Waals surface area contributed by atoms with Gasteiger partial charge in [-0.05, 0) is 23.6 Å². The van der Waals surface area contributed by atoms with E-state index in [1.54, 1.807) is 46.4 Å². The van der Waals surface area contributed by atoms with Crippen LogP contribution in [0.5, 0.6) is 5.75 Å². The Morgan fingerprint density at radius 1 is 1.05 bits per heavy atom. The maximum absolute atomic E-state index is 9.64. The summed E-state index contributed by atoms with van der Waals surface area (Å²) in [6.07, 6.45) is 1.82. The minimum absolute atomic E-state index is 0.209. The van der Waals surface area contributed by atoms with Gasteiger partial charge in [0.15, 0.2) is 5.82 Å². The minimum atomic E-state index is 0.209. The first kappa shape index (κ1) is 12.4. The quantitative estimate of drug-likeness (QED) is 0.603. The van der Waals surface area contributed by atoms with Gasteiger partial charge in [0.2, 0.25) is 0 Å². The number of benzene rings is 1. The number of aromatic hydroxyl groups is 1. The molecule has 0 radical (unpaired) electrons. The summed E-state index contributed by atoms with van der Waals surface area (Å²) in [7, 11) is 0. The number of rotatable bonds is 2. The molecule has 0 spiro atoms. The van der Waals surface area contributed by atoms with Crippen molar-refractivity contribution in [3.05, 3.63) is 47.4 Å². The molecule has 0 atom stereocenters. The Labute approximate surface area is 128 Å². The molecule has 1 N–H and O–H groups in total. The summed E-state index contributed by atoms with van der Waals surface area (Å²) in [5.41, 5.74) is 4.41. The highest BCUT2D eigenvalue weighted by Gasteiger charge is 2.13. The second-order valence-corrected chi connectivity index (χ2v) is 6.25. The molecule has 4 aromatic rings. The van der Waals surface area contributed by atoms with Gasteiger partial charge in [-0.3, -0.25) is 4.98 Å². The molecule has 4 nitrogen and oxygen atoms in total. The van der Waals surface area contributed by atoms with Crippen LogP contribution in [0.25, 0.3) is 32.2 Å². The summed E-state index contributed by atoms with van der Waals surface area (Å²) in [5.74, 6) is 0.820. The second-order valence-electron chi connectivity index (χ2n) is 4.45. The first-order valence-corrected chi connectivity index (χ1v) is 8.01. The molecule has 6 heteroatoms. The van der Waals surface area contributed by atoms with E-state index < -0.39 is 0 Å². The van der Waals surface area contributed by atoms with Crippen molar-refractivity contribution in [1.29, 1.82) is 0 Å². The number of phenols is 1. The van der Waals surface area contributed by atoms with Crippen molar-refractivity contribution < 1.29 is 5.11 Å². The molecule has 0 bridgehead atoms. The maximum Gasteiger partial charge on any atom is 0.160 e. The fraction of sp³-hybridized carbons (Fsp3) is 0. The largest absolute Gasteiger partial charge is 0.508 e. The third-order valence-electron chi connectivity index (χ3n) is 3.07. The molecular weight excluding hydrogens is 302 g/mol. The number of hydrogen-bond acceptors (Lipinski definition) is 6.